The summed E-state index contributed by atoms with van der Waals surface area (Å²) in [7, 11) is -1.94. The molecule has 176 valence electrons. The average molecular weight is 490 g/mol. The molecule has 0 aliphatic carbocycles. The van der Waals surface area contributed by atoms with Gasteiger partial charge in [0.05, 0.1) is 0 Å². The third-order valence-electron chi connectivity index (χ3n) is 8.65. The van der Waals surface area contributed by atoms with Crippen molar-refractivity contribution >= 4 is 75.7 Å². The number of nitrogens with zero attached hydrogens (tertiary/aromatic N) is 2. The Morgan fingerprint density at radius 2 is 0.973 bits per heavy atom. The lowest BCUT2D eigenvalue weighted by molar-refractivity contribution is 1.24. The number of hydrogen-bond donors (Lipinski definition) is 0. The van der Waals surface area contributed by atoms with Crippen molar-refractivity contribution in [2.24, 2.45) is 0 Å². The quantitative estimate of drug-likeness (QED) is 0.307. The monoisotopic (exact) mass is 490 g/mol. The molecule has 0 fully saturated rings. The minimum absolute atomic E-state index is 0.253. The van der Waals surface area contributed by atoms with Gasteiger partial charge in [-0.3, -0.25) is 0 Å². The van der Waals surface area contributed by atoms with E-state index in [1.54, 1.807) is 10.4 Å². The van der Waals surface area contributed by atoms with Crippen molar-refractivity contribution in [3.05, 3.63) is 115 Å². The third kappa shape index (κ3) is 2.66. The summed E-state index contributed by atoms with van der Waals surface area (Å²) in [6.45, 7) is 7.56. The molecule has 3 aliphatic heterocycles. The highest BCUT2D eigenvalue weighted by Gasteiger charge is 2.51. The molecule has 0 unspecified atom stereocenters. The lowest BCUT2D eigenvalue weighted by Crippen LogP contribution is -2.79. The first-order valence-electron chi connectivity index (χ1n) is 13.2. The van der Waals surface area contributed by atoms with Crippen molar-refractivity contribution < 1.29 is 0 Å². The lowest BCUT2D eigenvalue weighted by Gasteiger charge is -2.50. The second-order valence-electron chi connectivity index (χ2n) is 11.1. The minimum atomic E-state index is -1.94. The van der Waals surface area contributed by atoms with Crippen molar-refractivity contribution in [2.75, 3.05) is 9.80 Å². The van der Waals surface area contributed by atoms with E-state index in [2.05, 4.69) is 139 Å². The molecule has 0 saturated heterocycles. The maximum absolute atomic E-state index is 2.54. The van der Waals surface area contributed by atoms with Gasteiger partial charge in [-0.1, -0.05) is 84.1 Å². The van der Waals surface area contributed by atoms with Crippen molar-refractivity contribution in [1.29, 1.82) is 0 Å². The molecule has 0 spiro atoms. The van der Waals surface area contributed by atoms with E-state index >= 15 is 0 Å². The Morgan fingerprint density at radius 3 is 1.43 bits per heavy atom. The molecule has 5 aromatic carbocycles. The SMILES string of the molecule is Cc1cc2c3c(c1)N(c1ccccc1)c1cccc4c1B3c1c(cccc1[Si]4(C)C)N2c1ccccc1. The lowest BCUT2D eigenvalue weighted by atomic mass is 9.33. The van der Waals surface area contributed by atoms with E-state index < -0.39 is 8.07 Å². The summed E-state index contributed by atoms with van der Waals surface area (Å²) in [5.74, 6) is 0. The van der Waals surface area contributed by atoms with Crippen LogP contribution in [0, 0.1) is 6.92 Å². The molecule has 0 aromatic heterocycles. The maximum atomic E-state index is 2.54. The molecule has 3 heterocycles. The average Bonchev–Trinajstić information content (AvgIpc) is 2.92. The number of aryl methyl sites for hydroxylation is 1. The summed E-state index contributed by atoms with van der Waals surface area (Å²) in [5, 5.41) is 3.15. The summed E-state index contributed by atoms with van der Waals surface area (Å²) < 4.78 is 0. The van der Waals surface area contributed by atoms with Crippen LogP contribution in [0.15, 0.2) is 109 Å². The molecule has 0 saturated carbocycles. The standard InChI is InChI=1S/C33H27BN2Si/c1-22-20-27-31-28(21-22)36(24-14-8-5-9-15-24)26-17-11-19-30-33(26)34(31)32-25(16-10-18-29(32)37(30,2)3)35(27)23-12-6-4-7-13-23/h4-21H,1-3H3. The van der Waals surface area contributed by atoms with Gasteiger partial charge in [0.25, 0.3) is 6.71 Å². The predicted octanol–water partition coefficient (Wildman–Crippen LogP) is 5.21. The highest BCUT2D eigenvalue weighted by molar-refractivity contribution is 7.16. The first-order valence-corrected chi connectivity index (χ1v) is 16.2. The Bertz CT molecular complexity index is 1610. The summed E-state index contributed by atoms with van der Waals surface area (Å²) in [5.41, 5.74) is 13.5. The molecule has 5 aromatic rings. The van der Waals surface area contributed by atoms with E-state index in [4.69, 9.17) is 0 Å². The zero-order valence-electron chi connectivity index (χ0n) is 21.4. The molecule has 37 heavy (non-hydrogen) atoms. The molecule has 3 aliphatic rings. The third-order valence-corrected chi connectivity index (χ3v) is 12.2. The first kappa shape index (κ1) is 21.1. The molecule has 0 radical (unpaired) electrons. The van der Waals surface area contributed by atoms with Crippen LogP contribution in [0.3, 0.4) is 0 Å². The number of anilines is 6. The molecule has 0 atom stereocenters. The van der Waals surface area contributed by atoms with Crippen molar-refractivity contribution in [3.63, 3.8) is 0 Å². The van der Waals surface area contributed by atoms with Gasteiger partial charge in [0.15, 0.2) is 0 Å². The number of rotatable bonds is 2. The smallest absolute Gasteiger partial charge is 0.251 e. The number of para-hydroxylation sites is 2. The van der Waals surface area contributed by atoms with Gasteiger partial charge in [-0.05, 0) is 77.4 Å². The Kier molecular flexibility index (Phi) is 4.15. The van der Waals surface area contributed by atoms with E-state index in [1.807, 2.05) is 0 Å². The Labute approximate surface area is 219 Å². The predicted molar refractivity (Wildman–Crippen MR) is 162 cm³/mol. The zero-order valence-corrected chi connectivity index (χ0v) is 22.4. The van der Waals surface area contributed by atoms with Gasteiger partial charge in [-0.15, -0.1) is 0 Å². The minimum Gasteiger partial charge on any atom is -0.311 e. The zero-order chi connectivity index (χ0) is 24.9. The molecule has 0 N–H and O–H groups in total. The van der Waals surface area contributed by atoms with E-state index in [0.717, 1.165) is 0 Å². The van der Waals surface area contributed by atoms with Gasteiger partial charge in [0.1, 0.15) is 8.07 Å². The van der Waals surface area contributed by atoms with Crippen LogP contribution in [0.5, 0.6) is 0 Å². The molecular formula is C33H27BN2Si. The van der Waals surface area contributed by atoms with Crippen LogP contribution in [-0.4, -0.2) is 14.8 Å². The highest BCUT2D eigenvalue weighted by Crippen LogP contribution is 2.44. The van der Waals surface area contributed by atoms with Gasteiger partial charge >= 0.3 is 0 Å². The summed E-state index contributed by atoms with van der Waals surface area (Å²) in [4.78, 5) is 5.04. The molecular weight excluding hydrogens is 463 g/mol. The fourth-order valence-electron chi connectivity index (χ4n) is 7.17. The second-order valence-corrected chi connectivity index (χ2v) is 15.4. The van der Waals surface area contributed by atoms with E-state index in [-0.39, 0.29) is 6.71 Å². The molecule has 8 rings (SSSR count). The van der Waals surface area contributed by atoms with Crippen molar-refractivity contribution in [1.82, 2.24) is 0 Å². The van der Waals surface area contributed by atoms with Gasteiger partial charge in [0.2, 0.25) is 0 Å². The van der Waals surface area contributed by atoms with Gasteiger partial charge in [-0.25, -0.2) is 0 Å². The maximum Gasteiger partial charge on any atom is 0.251 e. The first-order chi connectivity index (χ1) is 18.1. The number of hydrogen-bond acceptors (Lipinski definition) is 2. The van der Waals surface area contributed by atoms with Gasteiger partial charge in [-0.2, -0.15) is 0 Å². The van der Waals surface area contributed by atoms with Crippen LogP contribution in [0.1, 0.15) is 5.56 Å². The molecule has 0 bridgehead atoms. The topological polar surface area (TPSA) is 6.48 Å². The number of benzene rings is 5. The van der Waals surface area contributed by atoms with Gasteiger partial charge in [0, 0.05) is 34.1 Å². The normalized spacial score (nSPS) is 15.5. The second kappa shape index (κ2) is 7.27. The largest absolute Gasteiger partial charge is 0.311 e. The summed E-state index contributed by atoms with van der Waals surface area (Å²) in [6, 6.07) is 40.7. The molecule has 2 nitrogen and oxygen atoms in total. The van der Waals surface area contributed by atoms with Crippen LogP contribution < -0.4 is 36.6 Å². The Morgan fingerprint density at radius 1 is 0.514 bits per heavy atom. The highest BCUT2D eigenvalue weighted by atomic mass is 28.3. The van der Waals surface area contributed by atoms with E-state index in [0.29, 0.717) is 0 Å². The van der Waals surface area contributed by atoms with E-state index in [1.165, 1.54) is 56.1 Å². The fraction of sp³-hybridized carbons (Fsp3) is 0.0909. The van der Waals surface area contributed by atoms with Gasteiger partial charge < -0.3 is 9.80 Å². The Balaban J connectivity index is 1.56. The molecule has 0 amide bonds. The fourth-order valence-corrected chi connectivity index (χ4v) is 10.4. The van der Waals surface area contributed by atoms with Crippen LogP contribution in [0.25, 0.3) is 0 Å². The van der Waals surface area contributed by atoms with Crippen molar-refractivity contribution in [2.45, 2.75) is 20.0 Å². The summed E-state index contributed by atoms with van der Waals surface area (Å²) in [6.07, 6.45) is 0. The van der Waals surface area contributed by atoms with Crippen molar-refractivity contribution in [3.8, 4) is 0 Å². The summed E-state index contributed by atoms with van der Waals surface area (Å²) >= 11 is 0. The Hall–Kier alpha value is -4.02. The van der Waals surface area contributed by atoms with Crippen LogP contribution in [-0.2, 0) is 0 Å². The molecule has 4 heteroatoms. The van der Waals surface area contributed by atoms with Crippen LogP contribution in [0.2, 0.25) is 13.1 Å². The van der Waals surface area contributed by atoms with Crippen LogP contribution >= 0.6 is 0 Å². The van der Waals surface area contributed by atoms with E-state index in [9.17, 15) is 0 Å². The van der Waals surface area contributed by atoms with Crippen LogP contribution in [0.4, 0.5) is 34.1 Å².